The molecule has 0 spiro atoms. The molecule has 1 saturated carbocycles. The monoisotopic (exact) mass is 312 g/mol. The zero-order chi connectivity index (χ0) is 15.6. The van der Waals surface area contributed by atoms with E-state index in [4.69, 9.17) is 9.88 Å². The van der Waals surface area contributed by atoms with Crippen LogP contribution in [0.2, 0.25) is 0 Å². The van der Waals surface area contributed by atoms with E-state index in [9.17, 15) is 18.0 Å². The zero-order valence-corrected chi connectivity index (χ0v) is 12.2. The molecular weight excluding hydrogens is 296 g/mol. The number of sulfonamides is 1. The molecule has 0 aliphatic heterocycles. The number of hydrogen-bond donors (Lipinski definition) is 2. The van der Waals surface area contributed by atoms with E-state index < -0.39 is 22.5 Å². The minimum atomic E-state index is -3.83. The maximum atomic E-state index is 11.6. The first-order valence-electron chi connectivity index (χ1n) is 6.36. The van der Waals surface area contributed by atoms with Gasteiger partial charge in [-0.25, -0.2) is 13.6 Å². The van der Waals surface area contributed by atoms with Gasteiger partial charge in [-0.15, -0.1) is 0 Å². The third kappa shape index (κ3) is 4.27. The summed E-state index contributed by atoms with van der Waals surface area (Å²) in [5.41, 5.74) is 0.266. The Hall–Kier alpha value is -1.93. The van der Waals surface area contributed by atoms with Gasteiger partial charge in [-0.05, 0) is 30.5 Å². The molecule has 1 aromatic rings. The Kier molecular flexibility index (Phi) is 4.29. The van der Waals surface area contributed by atoms with Crippen LogP contribution < -0.4 is 10.5 Å². The van der Waals surface area contributed by atoms with Crippen molar-refractivity contribution in [3.05, 3.63) is 24.3 Å². The smallest absolute Gasteiger partial charge is 0.309 e. The van der Waals surface area contributed by atoms with Crippen LogP contribution in [0.3, 0.4) is 0 Å². The van der Waals surface area contributed by atoms with Gasteiger partial charge in [0.25, 0.3) is 5.91 Å². The highest BCUT2D eigenvalue weighted by atomic mass is 32.2. The van der Waals surface area contributed by atoms with E-state index in [0.29, 0.717) is 5.92 Å². The van der Waals surface area contributed by atoms with Crippen molar-refractivity contribution in [3.8, 4) is 0 Å². The molecule has 0 saturated heterocycles. The van der Waals surface area contributed by atoms with Crippen LogP contribution in [0.4, 0.5) is 5.69 Å². The second kappa shape index (κ2) is 5.82. The van der Waals surface area contributed by atoms with Crippen LogP contribution >= 0.6 is 0 Å². The van der Waals surface area contributed by atoms with Crippen molar-refractivity contribution >= 4 is 27.6 Å². The van der Waals surface area contributed by atoms with Gasteiger partial charge in [0.1, 0.15) is 0 Å². The van der Waals surface area contributed by atoms with Gasteiger partial charge in [0.05, 0.1) is 10.8 Å². The molecule has 21 heavy (non-hydrogen) atoms. The predicted molar refractivity (Wildman–Crippen MR) is 74.7 cm³/mol. The van der Waals surface area contributed by atoms with Crippen molar-refractivity contribution in [2.45, 2.75) is 18.2 Å². The summed E-state index contributed by atoms with van der Waals surface area (Å²) in [4.78, 5) is 23.0. The molecule has 0 heterocycles. The lowest BCUT2D eigenvalue weighted by molar-refractivity contribution is -0.148. The largest absolute Gasteiger partial charge is 0.455 e. The van der Waals surface area contributed by atoms with Gasteiger partial charge in [-0.1, -0.05) is 13.0 Å². The first kappa shape index (κ1) is 15.5. The van der Waals surface area contributed by atoms with Crippen molar-refractivity contribution in [1.82, 2.24) is 0 Å². The fourth-order valence-corrected chi connectivity index (χ4v) is 2.40. The molecule has 0 bridgehead atoms. The lowest BCUT2D eigenvalue weighted by Gasteiger charge is -2.07. The van der Waals surface area contributed by atoms with Crippen LogP contribution in [0.1, 0.15) is 13.3 Å². The Balaban J connectivity index is 1.89. The number of carbonyl (C=O) groups excluding carboxylic acids is 2. The summed E-state index contributed by atoms with van der Waals surface area (Å²) >= 11 is 0. The summed E-state index contributed by atoms with van der Waals surface area (Å²) < 4.78 is 27.3. The van der Waals surface area contributed by atoms with Crippen molar-refractivity contribution < 1.29 is 22.7 Å². The van der Waals surface area contributed by atoms with E-state index >= 15 is 0 Å². The molecule has 7 nitrogen and oxygen atoms in total. The summed E-state index contributed by atoms with van der Waals surface area (Å²) in [5, 5.41) is 7.44. The van der Waals surface area contributed by atoms with Crippen molar-refractivity contribution in [1.29, 1.82) is 0 Å². The van der Waals surface area contributed by atoms with Crippen LogP contribution in [0.15, 0.2) is 29.2 Å². The molecule has 0 radical (unpaired) electrons. The SMILES string of the molecule is C[C@H]1C[C@H]1C(=O)OCC(=O)Nc1cccc(S(N)(=O)=O)c1. The summed E-state index contributed by atoms with van der Waals surface area (Å²) in [6.45, 7) is 1.53. The highest BCUT2D eigenvalue weighted by Gasteiger charge is 2.40. The van der Waals surface area contributed by atoms with E-state index in [0.717, 1.165) is 6.42 Å². The fraction of sp³-hybridized carbons (Fsp3) is 0.385. The van der Waals surface area contributed by atoms with Gasteiger partial charge in [0, 0.05) is 5.69 Å². The number of ether oxygens (including phenoxy) is 1. The van der Waals surface area contributed by atoms with Crippen molar-refractivity contribution in [3.63, 3.8) is 0 Å². The highest BCUT2D eigenvalue weighted by Crippen LogP contribution is 2.38. The third-order valence-electron chi connectivity index (χ3n) is 3.20. The molecule has 1 aliphatic rings. The van der Waals surface area contributed by atoms with Crippen LogP contribution in [0.25, 0.3) is 0 Å². The molecule has 1 fully saturated rings. The van der Waals surface area contributed by atoms with E-state index in [1.165, 1.54) is 24.3 Å². The van der Waals surface area contributed by atoms with Crippen LogP contribution in [0.5, 0.6) is 0 Å². The fourth-order valence-electron chi connectivity index (χ4n) is 1.84. The lowest BCUT2D eigenvalue weighted by atomic mass is 10.3. The number of anilines is 1. The first-order chi connectivity index (χ1) is 9.77. The molecule has 2 rings (SSSR count). The number of carbonyl (C=O) groups is 2. The molecule has 8 heteroatoms. The van der Waals surface area contributed by atoms with Gasteiger partial charge in [0.15, 0.2) is 6.61 Å². The van der Waals surface area contributed by atoms with Crippen molar-refractivity contribution in [2.24, 2.45) is 17.0 Å². The Morgan fingerprint density at radius 1 is 1.43 bits per heavy atom. The summed E-state index contributed by atoms with van der Waals surface area (Å²) in [6.07, 6.45) is 0.789. The topological polar surface area (TPSA) is 116 Å². The standard InChI is InChI=1S/C13H16N2O5S/c1-8-5-11(8)13(17)20-7-12(16)15-9-3-2-4-10(6-9)21(14,18)19/h2-4,6,8,11H,5,7H2,1H3,(H,15,16)(H2,14,18,19)/t8-,11+/m0/s1. The molecule has 2 atom stereocenters. The number of nitrogens with two attached hydrogens (primary N) is 1. The minimum absolute atomic E-state index is 0.107. The second-order valence-electron chi connectivity index (χ2n) is 5.05. The lowest BCUT2D eigenvalue weighted by Crippen LogP contribution is -2.22. The number of benzene rings is 1. The van der Waals surface area contributed by atoms with Gasteiger partial charge >= 0.3 is 5.97 Å². The number of nitrogens with one attached hydrogen (secondary N) is 1. The first-order valence-corrected chi connectivity index (χ1v) is 7.91. The predicted octanol–water partition coefficient (Wildman–Crippen LogP) is 0.472. The highest BCUT2D eigenvalue weighted by molar-refractivity contribution is 7.89. The van der Waals surface area contributed by atoms with Gasteiger partial charge in [-0.3, -0.25) is 9.59 Å². The number of esters is 1. The van der Waals surface area contributed by atoms with Crippen LogP contribution in [0, 0.1) is 11.8 Å². The average molecular weight is 312 g/mol. The maximum Gasteiger partial charge on any atom is 0.309 e. The normalized spacial score (nSPS) is 20.7. The number of amides is 1. The molecule has 1 aromatic carbocycles. The van der Waals surface area contributed by atoms with Crippen LogP contribution in [-0.2, 0) is 24.3 Å². The molecule has 114 valence electrons. The van der Waals surface area contributed by atoms with Crippen molar-refractivity contribution in [2.75, 3.05) is 11.9 Å². The average Bonchev–Trinajstić information content (AvgIpc) is 3.12. The molecule has 1 aliphatic carbocycles. The van der Waals surface area contributed by atoms with E-state index in [1.807, 2.05) is 6.92 Å². The Labute approximate surface area is 122 Å². The Morgan fingerprint density at radius 3 is 2.67 bits per heavy atom. The Morgan fingerprint density at radius 2 is 2.10 bits per heavy atom. The molecule has 3 N–H and O–H groups in total. The molecule has 0 unspecified atom stereocenters. The number of primary sulfonamides is 1. The maximum absolute atomic E-state index is 11.6. The minimum Gasteiger partial charge on any atom is -0.455 e. The van der Waals surface area contributed by atoms with Gasteiger partial charge < -0.3 is 10.1 Å². The molecular formula is C13H16N2O5S. The quantitative estimate of drug-likeness (QED) is 0.767. The molecule has 1 amide bonds. The summed E-state index contributed by atoms with van der Waals surface area (Å²) in [6, 6.07) is 5.52. The number of rotatable bonds is 5. The van der Waals surface area contributed by atoms with Gasteiger partial charge in [0.2, 0.25) is 10.0 Å². The van der Waals surface area contributed by atoms with Gasteiger partial charge in [-0.2, -0.15) is 0 Å². The third-order valence-corrected chi connectivity index (χ3v) is 4.12. The zero-order valence-electron chi connectivity index (χ0n) is 11.4. The molecule has 0 aromatic heterocycles. The van der Waals surface area contributed by atoms with Crippen LogP contribution in [-0.4, -0.2) is 26.9 Å². The van der Waals surface area contributed by atoms with E-state index in [2.05, 4.69) is 5.32 Å². The van der Waals surface area contributed by atoms with E-state index in [1.54, 1.807) is 0 Å². The number of hydrogen-bond acceptors (Lipinski definition) is 5. The van der Waals surface area contributed by atoms with E-state index in [-0.39, 0.29) is 22.5 Å². The Bertz CT molecular complexity index is 671. The second-order valence-corrected chi connectivity index (χ2v) is 6.61. The summed E-state index contributed by atoms with van der Waals surface area (Å²) in [5.74, 6) is -0.713. The summed E-state index contributed by atoms with van der Waals surface area (Å²) in [7, 11) is -3.83.